The fourth-order valence-electron chi connectivity index (χ4n) is 5.57. The second-order valence-electron chi connectivity index (χ2n) is 9.99. The number of anilines is 2. The van der Waals surface area contributed by atoms with Crippen LogP contribution in [-0.4, -0.2) is 63.2 Å². The highest BCUT2D eigenvalue weighted by atomic mass is 19.1. The number of carboxylic acids is 1. The number of ether oxygens (including phenoxy) is 3. The molecule has 2 aromatic rings. The van der Waals surface area contributed by atoms with Crippen molar-refractivity contribution >= 4 is 17.3 Å². The number of benzene rings is 2. The molecule has 0 saturated carbocycles. The molecule has 0 amide bonds. The third-order valence-electron chi connectivity index (χ3n) is 7.35. The maximum Gasteiger partial charge on any atom is 0.305 e. The summed E-state index contributed by atoms with van der Waals surface area (Å²) in [5.74, 6) is 0.963. The molecule has 0 radical (unpaired) electrons. The van der Waals surface area contributed by atoms with Crippen molar-refractivity contribution in [3.05, 3.63) is 48.3 Å². The number of halogens is 1. The van der Waals surface area contributed by atoms with Crippen molar-refractivity contribution in [2.24, 2.45) is 5.92 Å². The minimum atomic E-state index is -0.761. The lowest BCUT2D eigenvalue weighted by Gasteiger charge is -2.34. The third-order valence-corrected chi connectivity index (χ3v) is 7.35. The van der Waals surface area contributed by atoms with Crippen molar-refractivity contribution in [3.63, 3.8) is 0 Å². The lowest BCUT2D eigenvalue weighted by Crippen LogP contribution is -2.38. The van der Waals surface area contributed by atoms with Crippen LogP contribution in [-0.2, 0) is 9.53 Å². The molecule has 2 fully saturated rings. The molecule has 1 N–H and O–H groups in total. The van der Waals surface area contributed by atoms with Crippen molar-refractivity contribution in [1.82, 2.24) is 0 Å². The first kappa shape index (κ1) is 27.0. The predicted molar refractivity (Wildman–Crippen MR) is 142 cm³/mol. The fourth-order valence-corrected chi connectivity index (χ4v) is 5.57. The van der Waals surface area contributed by atoms with Crippen LogP contribution in [0.5, 0.6) is 11.5 Å². The van der Waals surface area contributed by atoms with Gasteiger partial charge in [0.15, 0.2) is 0 Å². The quantitative estimate of drug-likeness (QED) is 0.382. The molecule has 2 atom stereocenters. The summed E-state index contributed by atoms with van der Waals surface area (Å²) >= 11 is 0. The number of methoxy groups -OCH3 is 1. The van der Waals surface area contributed by atoms with E-state index in [2.05, 4.69) is 9.80 Å². The first-order chi connectivity index (χ1) is 18.0. The van der Waals surface area contributed by atoms with Crippen LogP contribution in [0.3, 0.4) is 0 Å². The summed E-state index contributed by atoms with van der Waals surface area (Å²) in [6, 6.07) is 12.9. The van der Waals surface area contributed by atoms with Gasteiger partial charge in [0, 0.05) is 64.0 Å². The van der Waals surface area contributed by atoms with Gasteiger partial charge in [-0.3, -0.25) is 4.79 Å². The van der Waals surface area contributed by atoms with Crippen LogP contribution in [0.1, 0.15) is 45.4 Å². The third kappa shape index (κ3) is 7.28. The molecule has 8 heteroatoms. The van der Waals surface area contributed by atoms with Gasteiger partial charge in [-0.25, -0.2) is 4.39 Å². The molecule has 0 unspecified atom stereocenters. The Morgan fingerprint density at radius 2 is 1.84 bits per heavy atom. The van der Waals surface area contributed by atoms with E-state index in [0.717, 1.165) is 56.7 Å². The molecule has 2 aliphatic heterocycles. The molecule has 4 rings (SSSR count). The van der Waals surface area contributed by atoms with E-state index in [4.69, 9.17) is 14.2 Å². The largest absolute Gasteiger partial charge is 0.494 e. The fraction of sp³-hybridized carbons (Fsp3) is 0.552. The molecule has 2 heterocycles. The predicted octanol–water partition coefficient (Wildman–Crippen LogP) is 5.37. The molecular formula is C29H39FN2O5. The lowest BCUT2D eigenvalue weighted by atomic mass is 9.99. The van der Waals surface area contributed by atoms with Crippen LogP contribution in [0.25, 0.3) is 0 Å². The Morgan fingerprint density at radius 3 is 2.51 bits per heavy atom. The van der Waals surface area contributed by atoms with Gasteiger partial charge in [-0.15, -0.1) is 0 Å². The van der Waals surface area contributed by atoms with Crippen molar-refractivity contribution in [2.75, 3.05) is 49.8 Å². The maximum atomic E-state index is 14.4. The van der Waals surface area contributed by atoms with Gasteiger partial charge in [-0.1, -0.05) is 0 Å². The van der Waals surface area contributed by atoms with E-state index in [0.29, 0.717) is 37.1 Å². The molecule has 202 valence electrons. The zero-order valence-electron chi connectivity index (χ0n) is 21.9. The standard InChI is InChI=1S/C29H39FN2O5/c1-3-36-26-10-11-27(30)28(19-26)31-14-12-25(13-15-31)37-24-8-6-22(7-9-24)32-20-21(5-4-16-35-2)17-23(32)18-29(33)34/h6-11,19,21,23,25H,3-5,12-18,20H2,1-2H3,(H,33,34)/t21-,23-/m1/s1. The van der Waals surface area contributed by atoms with Gasteiger partial charge in [0.05, 0.1) is 18.7 Å². The second kappa shape index (κ2) is 13.0. The average molecular weight is 515 g/mol. The van der Waals surface area contributed by atoms with Crippen LogP contribution in [0.2, 0.25) is 0 Å². The molecule has 0 bridgehead atoms. The summed E-state index contributed by atoms with van der Waals surface area (Å²) in [4.78, 5) is 15.7. The average Bonchev–Trinajstić information content (AvgIpc) is 3.28. The molecule has 2 aromatic carbocycles. The summed E-state index contributed by atoms with van der Waals surface area (Å²) in [6.45, 7) is 5.49. The maximum absolute atomic E-state index is 14.4. The minimum Gasteiger partial charge on any atom is -0.494 e. The van der Waals surface area contributed by atoms with E-state index in [1.165, 1.54) is 6.07 Å². The van der Waals surface area contributed by atoms with Crippen LogP contribution in [0.15, 0.2) is 42.5 Å². The number of hydrogen-bond donors (Lipinski definition) is 1. The van der Waals surface area contributed by atoms with E-state index < -0.39 is 5.97 Å². The first-order valence-corrected chi connectivity index (χ1v) is 13.4. The zero-order valence-corrected chi connectivity index (χ0v) is 21.9. The molecule has 7 nitrogen and oxygen atoms in total. The number of aliphatic carboxylic acids is 1. The SMILES string of the molecule is CCOc1ccc(F)c(N2CCC(Oc3ccc(N4C[C@H](CCCOC)C[C@@H]4CC(=O)O)cc3)CC2)c1. The van der Waals surface area contributed by atoms with Crippen molar-refractivity contribution in [2.45, 2.75) is 57.6 Å². The summed E-state index contributed by atoms with van der Waals surface area (Å²) in [5.41, 5.74) is 1.61. The first-order valence-electron chi connectivity index (χ1n) is 13.4. The molecular weight excluding hydrogens is 475 g/mol. The number of carbonyl (C=O) groups is 1. The molecule has 37 heavy (non-hydrogen) atoms. The highest BCUT2D eigenvalue weighted by molar-refractivity contribution is 5.69. The minimum absolute atomic E-state index is 0.00256. The Hall–Kier alpha value is -3.00. The van der Waals surface area contributed by atoms with Gasteiger partial charge >= 0.3 is 5.97 Å². The van der Waals surface area contributed by atoms with E-state index in [1.807, 2.05) is 31.2 Å². The smallest absolute Gasteiger partial charge is 0.305 e. The number of piperidine rings is 1. The van der Waals surface area contributed by atoms with Gasteiger partial charge in [0.25, 0.3) is 0 Å². The van der Waals surface area contributed by atoms with E-state index in [-0.39, 0.29) is 24.4 Å². The van der Waals surface area contributed by atoms with Crippen LogP contribution >= 0.6 is 0 Å². The van der Waals surface area contributed by atoms with Gasteiger partial charge in [0.2, 0.25) is 0 Å². The summed E-state index contributed by atoms with van der Waals surface area (Å²) < 4.78 is 31.4. The van der Waals surface area contributed by atoms with Crippen molar-refractivity contribution in [1.29, 1.82) is 0 Å². The van der Waals surface area contributed by atoms with Crippen molar-refractivity contribution < 1.29 is 28.5 Å². The topological polar surface area (TPSA) is 71.5 Å². The van der Waals surface area contributed by atoms with Gasteiger partial charge in [-0.05, 0) is 68.5 Å². The van der Waals surface area contributed by atoms with Crippen LogP contribution in [0.4, 0.5) is 15.8 Å². The van der Waals surface area contributed by atoms with E-state index >= 15 is 0 Å². The number of carboxylic acid groups (broad SMARTS) is 1. The van der Waals surface area contributed by atoms with Crippen LogP contribution in [0, 0.1) is 11.7 Å². The van der Waals surface area contributed by atoms with Gasteiger partial charge < -0.3 is 29.1 Å². The van der Waals surface area contributed by atoms with E-state index in [9.17, 15) is 14.3 Å². The Morgan fingerprint density at radius 1 is 1.11 bits per heavy atom. The Bertz CT molecular complexity index is 1010. The summed E-state index contributed by atoms with van der Waals surface area (Å²) in [5, 5.41) is 9.41. The highest BCUT2D eigenvalue weighted by Gasteiger charge is 2.33. The van der Waals surface area contributed by atoms with Crippen molar-refractivity contribution in [3.8, 4) is 11.5 Å². The monoisotopic (exact) mass is 514 g/mol. The second-order valence-corrected chi connectivity index (χ2v) is 9.99. The molecule has 2 aliphatic rings. The molecule has 2 saturated heterocycles. The van der Waals surface area contributed by atoms with Gasteiger partial charge in [0.1, 0.15) is 23.4 Å². The Balaban J connectivity index is 1.32. The Kier molecular flexibility index (Phi) is 9.50. The normalized spacial score (nSPS) is 20.3. The van der Waals surface area contributed by atoms with Crippen LogP contribution < -0.4 is 19.3 Å². The summed E-state index contributed by atoms with van der Waals surface area (Å²) in [7, 11) is 1.71. The Labute approximate surface area is 219 Å². The highest BCUT2D eigenvalue weighted by Crippen LogP contribution is 2.35. The number of rotatable bonds is 12. The van der Waals surface area contributed by atoms with E-state index in [1.54, 1.807) is 19.2 Å². The number of nitrogens with zero attached hydrogens (tertiary/aromatic N) is 2. The zero-order chi connectivity index (χ0) is 26.2. The molecule has 0 aliphatic carbocycles. The van der Waals surface area contributed by atoms with Gasteiger partial charge in [-0.2, -0.15) is 0 Å². The molecule has 0 spiro atoms. The lowest BCUT2D eigenvalue weighted by molar-refractivity contribution is -0.137. The number of hydrogen-bond acceptors (Lipinski definition) is 6. The summed E-state index contributed by atoms with van der Waals surface area (Å²) in [6.07, 6.45) is 4.74. The molecule has 0 aromatic heterocycles.